The summed E-state index contributed by atoms with van der Waals surface area (Å²) in [5.41, 5.74) is 0.949. The Morgan fingerprint density at radius 2 is 1.80 bits per heavy atom. The number of urea groups is 1. The van der Waals surface area contributed by atoms with Gasteiger partial charge in [0.1, 0.15) is 5.75 Å². The molecule has 30 heavy (non-hydrogen) atoms. The van der Waals surface area contributed by atoms with Gasteiger partial charge in [0, 0.05) is 32.1 Å². The third-order valence-corrected chi connectivity index (χ3v) is 5.70. The molecule has 2 heterocycles. The molecule has 10 heteroatoms. The van der Waals surface area contributed by atoms with E-state index < -0.39 is 24.4 Å². The van der Waals surface area contributed by atoms with E-state index in [9.17, 15) is 33.0 Å². The minimum Gasteiger partial charge on any atom is -0.481 e. The number of aliphatic carboxylic acids is 1. The Labute approximate surface area is 172 Å². The van der Waals surface area contributed by atoms with Crippen LogP contribution in [0.15, 0.2) is 18.2 Å². The van der Waals surface area contributed by atoms with E-state index in [1.165, 1.54) is 24.0 Å². The lowest BCUT2D eigenvalue weighted by molar-refractivity contribution is -0.274. The number of benzene rings is 1. The third-order valence-electron chi connectivity index (χ3n) is 5.70. The number of carbonyl (C=O) groups excluding carboxylic acids is 1. The number of piperidine rings is 2. The summed E-state index contributed by atoms with van der Waals surface area (Å²) in [5, 5.41) is 19.2. The topological polar surface area (TPSA) is 90.3 Å². The molecule has 166 valence electrons. The molecule has 2 fully saturated rings. The van der Waals surface area contributed by atoms with Crippen LogP contribution in [0, 0.1) is 12.8 Å². The molecule has 3 rings (SSSR count). The van der Waals surface area contributed by atoms with Crippen molar-refractivity contribution in [1.82, 2.24) is 9.80 Å². The van der Waals surface area contributed by atoms with Crippen LogP contribution in [-0.4, -0.2) is 70.7 Å². The number of carboxylic acids is 1. The smallest absolute Gasteiger partial charge is 0.481 e. The van der Waals surface area contributed by atoms with Gasteiger partial charge in [-0.3, -0.25) is 4.79 Å². The van der Waals surface area contributed by atoms with Crippen LogP contribution in [0.4, 0.5) is 18.0 Å². The minimum atomic E-state index is -4.79. The van der Waals surface area contributed by atoms with Crippen LogP contribution in [-0.2, 0) is 4.79 Å². The SMILES string of the molecule is Cc1cc(C2CC(C(=O)O)CN(C(=O)N3CCC(O)CC3)C2)ccc1OC(F)(F)F. The minimum absolute atomic E-state index is 0.0813. The van der Waals surface area contributed by atoms with Crippen molar-refractivity contribution in [3.63, 3.8) is 0 Å². The van der Waals surface area contributed by atoms with Gasteiger partial charge >= 0.3 is 18.4 Å². The Kier molecular flexibility index (Phi) is 6.44. The zero-order valence-electron chi connectivity index (χ0n) is 16.6. The number of ether oxygens (including phenoxy) is 1. The average Bonchev–Trinajstić information content (AvgIpc) is 2.68. The molecular formula is C20H25F3N2O5. The highest BCUT2D eigenvalue weighted by Crippen LogP contribution is 2.34. The predicted molar refractivity (Wildman–Crippen MR) is 100 cm³/mol. The van der Waals surface area contributed by atoms with Crippen molar-refractivity contribution in [2.45, 2.75) is 44.6 Å². The zero-order chi connectivity index (χ0) is 22.1. The van der Waals surface area contributed by atoms with E-state index in [-0.39, 0.29) is 42.8 Å². The Morgan fingerprint density at radius 1 is 1.13 bits per heavy atom. The van der Waals surface area contributed by atoms with Crippen LogP contribution in [0.1, 0.15) is 36.3 Å². The summed E-state index contributed by atoms with van der Waals surface area (Å²) < 4.78 is 41.5. The molecule has 2 saturated heterocycles. The first-order chi connectivity index (χ1) is 14.0. The number of halogens is 3. The van der Waals surface area contributed by atoms with E-state index in [2.05, 4.69) is 4.74 Å². The summed E-state index contributed by atoms with van der Waals surface area (Å²) in [6.07, 6.45) is -3.99. The van der Waals surface area contributed by atoms with Crippen molar-refractivity contribution in [1.29, 1.82) is 0 Å². The molecule has 0 bridgehead atoms. The highest BCUT2D eigenvalue weighted by molar-refractivity contribution is 5.77. The molecule has 0 radical (unpaired) electrons. The molecule has 0 spiro atoms. The largest absolute Gasteiger partial charge is 0.573 e. The molecule has 2 aliphatic heterocycles. The van der Waals surface area contributed by atoms with E-state index in [1.807, 2.05) is 0 Å². The summed E-state index contributed by atoms with van der Waals surface area (Å²) in [7, 11) is 0. The fourth-order valence-electron chi connectivity index (χ4n) is 4.10. The molecular weight excluding hydrogens is 405 g/mol. The van der Waals surface area contributed by atoms with Gasteiger partial charge in [0.25, 0.3) is 0 Å². The van der Waals surface area contributed by atoms with Gasteiger partial charge in [-0.2, -0.15) is 0 Å². The number of nitrogens with zero attached hydrogens (tertiary/aromatic N) is 2. The number of alkyl halides is 3. The molecule has 1 aromatic rings. The summed E-state index contributed by atoms with van der Waals surface area (Å²) in [6.45, 7) is 2.66. The van der Waals surface area contributed by atoms with E-state index in [0.29, 0.717) is 31.5 Å². The molecule has 0 saturated carbocycles. The molecule has 7 nitrogen and oxygen atoms in total. The summed E-state index contributed by atoms with van der Waals surface area (Å²) in [6, 6.07) is 3.99. The van der Waals surface area contributed by atoms with Crippen LogP contribution < -0.4 is 4.74 Å². The number of hydrogen-bond donors (Lipinski definition) is 2. The molecule has 2 atom stereocenters. The van der Waals surface area contributed by atoms with E-state index in [0.717, 1.165) is 0 Å². The quantitative estimate of drug-likeness (QED) is 0.770. The van der Waals surface area contributed by atoms with E-state index >= 15 is 0 Å². The molecule has 2 amide bonds. The highest BCUT2D eigenvalue weighted by atomic mass is 19.4. The third kappa shape index (κ3) is 5.35. The van der Waals surface area contributed by atoms with Crippen molar-refractivity contribution in [3.8, 4) is 5.75 Å². The normalized spacial score (nSPS) is 23.4. The first-order valence-corrected chi connectivity index (χ1v) is 9.84. The fraction of sp³-hybridized carbons (Fsp3) is 0.600. The van der Waals surface area contributed by atoms with Crippen molar-refractivity contribution in [2.75, 3.05) is 26.2 Å². The average molecular weight is 430 g/mol. The van der Waals surface area contributed by atoms with Crippen LogP contribution >= 0.6 is 0 Å². The molecule has 2 aliphatic rings. The van der Waals surface area contributed by atoms with Crippen LogP contribution in [0.3, 0.4) is 0 Å². The monoisotopic (exact) mass is 430 g/mol. The predicted octanol–water partition coefficient (Wildman–Crippen LogP) is 2.96. The second-order valence-corrected chi connectivity index (χ2v) is 7.95. The Bertz CT molecular complexity index is 793. The Balaban J connectivity index is 1.78. The number of carboxylic acid groups (broad SMARTS) is 1. The lowest BCUT2D eigenvalue weighted by Crippen LogP contribution is -2.52. The second-order valence-electron chi connectivity index (χ2n) is 7.95. The van der Waals surface area contributed by atoms with Gasteiger partial charge in [-0.1, -0.05) is 12.1 Å². The van der Waals surface area contributed by atoms with Crippen molar-refractivity contribution >= 4 is 12.0 Å². The second kappa shape index (κ2) is 8.71. The van der Waals surface area contributed by atoms with Crippen molar-refractivity contribution < 1.29 is 37.7 Å². The van der Waals surface area contributed by atoms with Gasteiger partial charge < -0.3 is 24.7 Å². The number of rotatable bonds is 3. The number of amides is 2. The number of aliphatic hydroxyl groups is 1. The lowest BCUT2D eigenvalue weighted by Gasteiger charge is -2.40. The maximum Gasteiger partial charge on any atom is 0.573 e. The van der Waals surface area contributed by atoms with Gasteiger partial charge in [0.05, 0.1) is 12.0 Å². The van der Waals surface area contributed by atoms with Gasteiger partial charge in [-0.25, -0.2) is 4.79 Å². The molecule has 2 N–H and O–H groups in total. The van der Waals surface area contributed by atoms with Gasteiger partial charge in [0.15, 0.2) is 0 Å². The first kappa shape index (κ1) is 22.2. The highest BCUT2D eigenvalue weighted by Gasteiger charge is 2.37. The maximum atomic E-state index is 12.9. The van der Waals surface area contributed by atoms with Gasteiger partial charge in [-0.05, 0) is 43.4 Å². The number of carbonyl (C=O) groups is 2. The Hall–Kier alpha value is -2.49. The number of aliphatic hydroxyl groups excluding tert-OH is 1. The van der Waals surface area contributed by atoms with Crippen LogP contribution in [0.5, 0.6) is 5.75 Å². The van der Waals surface area contributed by atoms with Gasteiger partial charge in [0.2, 0.25) is 0 Å². The molecule has 1 aromatic carbocycles. The molecule has 0 aromatic heterocycles. The van der Waals surface area contributed by atoms with Crippen LogP contribution in [0.25, 0.3) is 0 Å². The Morgan fingerprint density at radius 3 is 2.37 bits per heavy atom. The zero-order valence-corrected chi connectivity index (χ0v) is 16.6. The number of aryl methyl sites for hydroxylation is 1. The van der Waals surface area contributed by atoms with Crippen LogP contribution in [0.2, 0.25) is 0 Å². The number of likely N-dealkylation sites (tertiary alicyclic amines) is 2. The lowest BCUT2D eigenvalue weighted by atomic mass is 9.84. The van der Waals surface area contributed by atoms with E-state index in [4.69, 9.17) is 0 Å². The standard InChI is InChI=1S/C20H25F3N2O5/c1-12-8-13(2-3-17(12)30-20(21,22)23)14-9-15(18(27)28)11-25(10-14)19(29)24-6-4-16(26)5-7-24/h2-3,8,14-16,26H,4-7,9-11H2,1H3,(H,27,28). The van der Waals surface area contributed by atoms with Crippen molar-refractivity contribution in [3.05, 3.63) is 29.3 Å². The summed E-state index contributed by atoms with van der Waals surface area (Å²) in [5.74, 6) is -2.41. The maximum absolute atomic E-state index is 12.9. The first-order valence-electron chi connectivity index (χ1n) is 9.84. The fourth-order valence-corrected chi connectivity index (χ4v) is 4.10. The summed E-state index contributed by atoms with van der Waals surface area (Å²) >= 11 is 0. The summed E-state index contributed by atoms with van der Waals surface area (Å²) in [4.78, 5) is 27.7. The number of hydrogen-bond acceptors (Lipinski definition) is 4. The molecule has 2 unspecified atom stereocenters. The van der Waals surface area contributed by atoms with Gasteiger partial charge in [-0.15, -0.1) is 13.2 Å². The van der Waals surface area contributed by atoms with E-state index in [1.54, 1.807) is 11.0 Å². The van der Waals surface area contributed by atoms with Crippen molar-refractivity contribution in [2.24, 2.45) is 5.92 Å². The molecule has 0 aliphatic carbocycles.